The van der Waals surface area contributed by atoms with Crippen LogP contribution in [0.25, 0.3) is 0 Å². The van der Waals surface area contributed by atoms with Crippen molar-refractivity contribution in [3.05, 3.63) is 12.2 Å². The average molecular weight is 298 g/mol. The first-order valence-corrected chi connectivity index (χ1v) is 8.19. The number of hydrogen-bond acceptors (Lipinski definition) is 2. The van der Waals surface area contributed by atoms with Crippen molar-refractivity contribution >= 4 is 11.9 Å². The molecule has 0 fully saturated rings. The molecule has 1 unspecified atom stereocenters. The van der Waals surface area contributed by atoms with Crippen LogP contribution in [0.3, 0.4) is 0 Å². The molecular formula is C17H30O4. The summed E-state index contributed by atoms with van der Waals surface area (Å²) >= 11 is 0. The van der Waals surface area contributed by atoms with E-state index in [1.807, 2.05) is 6.08 Å². The summed E-state index contributed by atoms with van der Waals surface area (Å²) in [6.45, 7) is 2.22. The van der Waals surface area contributed by atoms with Gasteiger partial charge in [-0.25, -0.2) is 0 Å². The lowest BCUT2D eigenvalue weighted by atomic mass is 10.0. The first kappa shape index (κ1) is 19.7. The van der Waals surface area contributed by atoms with E-state index in [1.54, 1.807) is 6.08 Å². The highest BCUT2D eigenvalue weighted by Gasteiger charge is 2.14. The van der Waals surface area contributed by atoms with Gasteiger partial charge in [0, 0.05) is 6.42 Å². The summed E-state index contributed by atoms with van der Waals surface area (Å²) in [5, 5.41) is 17.6. The highest BCUT2D eigenvalue weighted by molar-refractivity contribution is 5.73. The van der Waals surface area contributed by atoms with Gasteiger partial charge < -0.3 is 10.2 Å². The zero-order valence-electron chi connectivity index (χ0n) is 13.2. The van der Waals surface area contributed by atoms with Crippen LogP contribution in [0, 0.1) is 5.92 Å². The molecule has 2 N–H and O–H groups in total. The van der Waals surface area contributed by atoms with Crippen LogP contribution in [0.15, 0.2) is 12.2 Å². The Labute approximate surface area is 128 Å². The van der Waals surface area contributed by atoms with Gasteiger partial charge >= 0.3 is 11.9 Å². The predicted molar refractivity (Wildman–Crippen MR) is 84.4 cm³/mol. The average Bonchev–Trinajstić information content (AvgIpc) is 2.43. The van der Waals surface area contributed by atoms with Crippen molar-refractivity contribution in [3.63, 3.8) is 0 Å². The molecule has 4 nitrogen and oxygen atoms in total. The molecule has 0 aromatic carbocycles. The first-order chi connectivity index (χ1) is 10.1. The van der Waals surface area contributed by atoms with Gasteiger partial charge in [-0.1, -0.05) is 64.0 Å². The van der Waals surface area contributed by atoms with Gasteiger partial charge in [0.25, 0.3) is 0 Å². The van der Waals surface area contributed by atoms with E-state index in [1.165, 1.54) is 44.9 Å². The number of allylic oxidation sites excluding steroid dienone is 1. The predicted octanol–water partition coefficient (Wildman–Crippen LogP) is 4.64. The Balaban J connectivity index is 3.62. The van der Waals surface area contributed by atoms with Crippen LogP contribution >= 0.6 is 0 Å². The number of carboxylic acid groups (broad SMARTS) is 2. The van der Waals surface area contributed by atoms with Gasteiger partial charge in [-0.05, 0) is 19.3 Å². The molecule has 0 bridgehead atoms. The normalized spacial score (nSPS) is 12.6. The number of aliphatic carboxylic acids is 2. The number of unbranched alkanes of at least 4 members (excludes halogenated alkanes) is 8. The summed E-state index contributed by atoms with van der Waals surface area (Å²) < 4.78 is 0. The molecule has 0 aliphatic carbocycles. The topological polar surface area (TPSA) is 74.6 Å². The van der Waals surface area contributed by atoms with Crippen LogP contribution in [-0.4, -0.2) is 22.2 Å². The molecule has 0 heterocycles. The highest BCUT2D eigenvalue weighted by atomic mass is 16.4. The second kappa shape index (κ2) is 13.7. The van der Waals surface area contributed by atoms with Gasteiger partial charge in [-0.2, -0.15) is 0 Å². The standard InChI is InChI=1S/C17H30O4/c1-2-3-4-5-6-7-8-9-10-11-12-15(17(20)21)13-14-16(18)19/h11-12,15H,2-10,13-14H2,1H3,(H,18,19)(H,20,21)/b12-11+. The Hall–Kier alpha value is -1.32. The van der Waals surface area contributed by atoms with Crippen molar-refractivity contribution in [1.82, 2.24) is 0 Å². The maximum absolute atomic E-state index is 11.0. The monoisotopic (exact) mass is 298 g/mol. The van der Waals surface area contributed by atoms with Crippen LogP contribution in [-0.2, 0) is 9.59 Å². The Morgan fingerprint density at radius 3 is 2.05 bits per heavy atom. The van der Waals surface area contributed by atoms with E-state index < -0.39 is 17.9 Å². The number of hydrogen-bond donors (Lipinski definition) is 2. The quantitative estimate of drug-likeness (QED) is 0.362. The fourth-order valence-electron chi connectivity index (χ4n) is 2.24. The van der Waals surface area contributed by atoms with Crippen LogP contribution in [0.4, 0.5) is 0 Å². The summed E-state index contributed by atoms with van der Waals surface area (Å²) in [4.78, 5) is 21.4. The molecule has 0 saturated heterocycles. The second-order valence-electron chi connectivity index (χ2n) is 5.57. The third-order valence-corrected chi connectivity index (χ3v) is 3.58. The van der Waals surface area contributed by atoms with Crippen molar-refractivity contribution in [3.8, 4) is 0 Å². The van der Waals surface area contributed by atoms with Crippen molar-refractivity contribution < 1.29 is 19.8 Å². The third-order valence-electron chi connectivity index (χ3n) is 3.58. The van der Waals surface area contributed by atoms with Crippen LogP contribution in [0.5, 0.6) is 0 Å². The minimum absolute atomic E-state index is 0.0981. The summed E-state index contributed by atoms with van der Waals surface area (Å²) in [7, 11) is 0. The SMILES string of the molecule is CCCCCCCCCC/C=C/C(CCC(=O)O)C(=O)O. The van der Waals surface area contributed by atoms with Crippen LogP contribution in [0.2, 0.25) is 0 Å². The summed E-state index contributed by atoms with van der Waals surface area (Å²) in [6, 6.07) is 0. The minimum atomic E-state index is -0.947. The lowest BCUT2D eigenvalue weighted by Crippen LogP contribution is -2.12. The summed E-state index contributed by atoms with van der Waals surface area (Å²) in [6.07, 6.45) is 14.5. The molecule has 0 aliphatic rings. The van der Waals surface area contributed by atoms with Crippen LogP contribution < -0.4 is 0 Å². The van der Waals surface area contributed by atoms with E-state index in [9.17, 15) is 9.59 Å². The maximum atomic E-state index is 11.0. The van der Waals surface area contributed by atoms with Crippen LogP contribution in [0.1, 0.15) is 77.6 Å². The minimum Gasteiger partial charge on any atom is -0.481 e. The van der Waals surface area contributed by atoms with E-state index in [4.69, 9.17) is 10.2 Å². The molecule has 0 aliphatic heterocycles. The highest BCUT2D eigenvalue weighted by Crippen LogP contribution is 2.12. The van der Waals surface area contributed by atoms with Gasteiger partial charge in [0.2, 0.25) is 0 Å². The van der Waals surface area contributed by atoms with Crippen molar-refractivity contribution in [2.24, 2.45) is 5.92 Å². The fourth-order valence-corrected chi connectivity index (χ4v) is 2.24. The fraction of sp³-hybridized carbons (Fsp3) is 0.765. The third kappa shape index (κ3) is 13.4. The van der Waals surface area contributed by atoms with E-state index in [0.717, 1.165) is 12.8 Å². The molecule has 21 heavy (non-hydrogen) atoms. The Morgan fingerprint density at radius 2 is 1.52 bits per heavy atom. The van der Waals surface area contributed by atoms with Gasteiger partial charge in [0.05, 0.1) is 5.92 Å². The van der Waals surface area contributed by atoms with Crippen molar-refractivity contribution in [2.75, 3.05) is 0 Å². The van der Waals surface area contributed by atoms with Gasteiger partial charge in [-0.15, -0.1) is 0 Å². The molecule has 0 aromatic heterocycles. The van der Waals surface area contributed by atoms with Gasteiger partial charge in [0.1, 0.15) is 0 Å². The van der Waals surface area contributed by atoms with E-state index in [2.05, 4.69) is 6.92 Å². The molecule has 0 spiro atoms. The molecule has 0 aromatic rings. The van der Waals surface area contributed by atoms with Crippen molar-refractivity contribution in [1.29, 1.82) is 0 Å². The van der Waals surface area contributed by atoms with E-state index >= 15 is 0 Å². The largest absolute Gasteiger partial charge is 0.481 e. The van der Waals surface area contributed by atoms with Gasteiger partial charge in [-0.3, -0.25) is 9.59 Å². The summed E-state index contributed by atoms with van der Waals surface area (Å²) in [5.41, 5.74) is 0. The lowest BCUT2D eigenvalue weighted by molar-refractivity contribution is -0.141. The molecule has 0 saturated carbocycles. The molecule has 0 radical (unpaired) electrons. The zero-order valence-corrected chi connectivity index (χ0v) is 13.2. The molecule has 0 amide bonds. The first-order valence-electron chi connectivity index (χ1n) is 8.19. The van der Waals surface area contributed by atoms with E-state index in [0.29, 0.717) is 0 Å². The Kier molecular flexibility index (Phi) is 12.8. The molecule has 122 valence electrons. The van der Waals surface area contributed by atoms with E-state index in [-0.39, 0.29) is 12.8 Å². The Bertz CT molecular complexity index is 310. The smallest absolute Gasteiger partial charge is 0.310 e. The lowest BCUT2D eigenvalue weighted by Gasteiger charge is -2.05. The number of carbonyl (C=O) groups is 2. The zero-order chi connectivity index (χ0) is 15.9. The number of carboxylic acids is 2. The molecule has 4 heteroatoms. The molecule has 1 atom stereocenters. The van der Waals surface area contributed by atoms with Gasteiger partial charge in [0.15, 0.2) is 0 Å². The summed E-state index contributed by atoms with van der Waals surface area (Å²) in [5.74, 6) is -2.56. The second-order valence-corrected chi connectivity index (χ2v) is 5.57. The Morgan fingerprint density at radius 1 is 0.952 bits per heavy atom. The number of rotatable bonds is 14. The molecular weight excluding hydrogens is 268 g/mol. The maximum Gasteiger partial charge on any atom is 0.310 e. The molecule has 0 rings (SSSR count). The van der Waals surface area contributed by atoms with Crippen molar-refractivity contribution in [2.45, 2.75) is 77.6 Å².